The summed E-state index contributed by atoms with van der Waals surface area (Å²) < 4.78 is 0. The highest BCUT2D eigenvalue weighted by atomic mass is 35.5. The molecule has 2 rings (SSSR count). The van der Waals surface area contributed by atoms with Crippen LogP contribution in [0.25, 0.3) is 0 Å². The van der Waals surface area contributed by atoms with E-state index in [1.165, 1.54) is 12.0 Å². The summed E-state index contributed by atoms with van der Waals surface area (Å²) in [6, 6.07) is 1.93. The molecule has 4 heteroatoms. The SMILES string of the molecule is ONCc1cc2c(c(Cl)c1O)CCCC2. The topological polar surface area (TPSA) is 52.5 Å². The average molecular weight is 228 g/mol. The molecule has 0 bridgehead atoms. The van der Waals surface area contributed by atoms with Gasteiger partial charge in [0.25, 0.3) is 0 Å². The molecule has 0 heterocycles. The lowest BCUT2D eigenvalue weighted by molar-refractivity contribution is 0.160. The summed E-state index contributed by atoms with van der Waals surface area (Å²) >= 11 is 6.09. The number of phenolic OH excluding ortho intramolecular Hbond substituents is 1. The first kappa shape index (κ1) is 10.7. The molecule has 0 spiro atoms. The van der Waals surface area contributed by atoms with Gasteiger partial charge in [-0.25, -0.2) is 5.48 Å². The van der Waals surface area contributed by atoms with Gasteiger partial charge in [-0.15, -0.1) is 0 Å². The number of aryl methyl sites for hydroxylation is 1. The van der Waals surface area contributed by atoms with Gasteiger partial charge in [0, 0.05) is 12.1 Å². The van der Waals surface area contributed by atoms with Crippen LogP contribution in [-0.4, -0.2) is 10.3 Å². The number of hydroxylamine groups is 1. The van der Waals surface area contributed by atoms with Gasteiger partial charge >= 0.3 is 0 Å². The van der Waals surface area contributed by atoms with Crippen LogP contribution in [0.1, 0.15) is 29.5 Å². The molecule has 1 aliphatic carbocycles. The summed E-state index contributed by atoms with van der Waals surface area (Å²) in [5.41, 5.74) is 4.97. The van der Waals surface area contributed by atoms with Gasteiger partial charge in [0.15, 0.2) is 0 Å². The predicted octanol–water partition coefficient (Wildman–Crippen LogP) is 2.40. The second kappa shape index (κ2) is 4.39. The fourth-order valence-corrected chi connectivity index (χ4v) is 2.46. The third-order valence-corrected chi connectivity index (χ3v) is 3.31. The van der Waals surface area contributed by atoms with Crippen LogP contribution in [0, 0.1) is 0 Å². The van der Waals surface area contributed by atoms with Crippen molar-refractivity contribution < 1.29 is 10.3 Å². The normalized spacial score (nSPS) is 15.1. The van der Waals surface area contributed by atoms with E-state index in [2.05, 4.69) is 0 Å². The molecule has 1 aromatic rings. The molecule has 0 radical (unpaired) electrons. The van der Waals surface area contributed by atoms with E-state index in [4.69, 9.17) is 16.8 Å². The highest BCUT2D eigenvalue weighted by Gasteiger charge is 2.18. The van der Waals surface area contributed by atoms with Crippen LogP contribution in [0.3, 0.4) is 0 Å². The number of hydrogen-bond acceptors (Lipinski definition) is 3. The standard InChI is InChI=1S/C11H14ClNO2/c12-10-9-4-2-1-3-7(9)5-8(6-13-15)11(10)14/h5,13-15H,1-4,6H2. The molecule has 0 aromatic heterocycles. The Bertz CT molecular complexity index is 379. The summed E-state index contributed by atoms with van der Waals surface area (Å²) in [7, 11) is 0. The van der Waals surface area contributed by atoms with Crippen molar-refractivity contribution in [2.45, 2.75) is 32.2 Å². The summed E-state index contributed by atoms with van der Waals surface area (Å²) in [5.74, 6) is 0.0962. The maximum Gasteiger partial charge on any atom is 0.139 e. The van der Waals surface area contributed by atoms with Crippen molar-refractivity contribution in [1.82, 2.24) is 5.48 Å². The Balaban J connectivity index is 2.47. The van der Waals surface area contributed by atoms with E-state index in [1.54, 1.807) is 0 Å². The van der Waals surface area contributed by atoms with Crippen molar-refractivity contribution in [3.8, 4) is 5.75 Å². The number of aromatic hydroxyl groups is 1. The number of halogens is 1. The van der Waals surface area contributed by atoms with Crippen molar-refractivity contribution >= 4 is 11.6 Å². The first-order valence-electron chi connectivity index (χ1n) is 5.13. The number of benzene rings is 1. The van der Waals surface area contributed by atoms with E-state index >= 15 is 0 Å². The number of nitrogens with one attached hydrogen (secondary N) is 1. The van der Waals surface area contributed by atoms with Gasteiger partial charge < -0.3 is 10.3 Å². The Morgan fingerprint density at radius 3 is 2.80 bits per heavy atom. The van der Waals surface area contributed by atoms with Crippen LogP contribution < -0.4 is 5.48 Å². The molecule has 1 aromatic carbocycles. The van der Waals surface area contributed by atoms with Crippen molar-refractivity contribution in [1.29, 1.82) is 0 Å². The average Bonchev–Trinajstić information content (AvgIpc) is 2.26. The smallest absolute Gasteiger partial charge is 0.139 e. The van der Waals surface area contributed by atoms with Gasteiger partial charge in [0.2, 0.25) is 0 Å². The van der Waals surface area contributed by atoms with E-state index in [1.807, 2.05) is 11.5 Å². The minimum absolute atomic E-state index is 0.0962. The summed E-state index contributed by atoms with van der Waals surface area (Å²) in [5, 5.41) is 18.9. The zero-order valence-electron chi connectivity index (χ0n) is 8.39. The maximum atomic E-state index is 9.80. The molecule has 0 saturated carbocycles. The molecule has 82 valence electrons. The van der Waals surface area contributed by atoms with Crippen LogP contribution in [0.15, 0.2) is 6.07 Å². The highest BCUT2D eigenvalue weighted by molar-refractivity contribution is 6.33. The Morgan fingerprint density at radius 1 is 1.33 bits per heavy atom. The van der Waals surface area contributed by atoms with Crippen LogP contribution in [0.4, 0.5) is 0 Å². The minimum Gasteiger partial charge on any atom is -0.506 e. The van der Waals surface area contributed by atoms with E-state index in [0.29, 0.717) is 10.6 Å². The van der Waals surface area contributed by atoms with Gasteiger partial charge in [0.1, 0.15) is 5.75 Å². The molecule has 1 aliphatic rings. The first-order valence-corrected chi connectivity index (χ1v) is 5.51. The maximum absolute atomic E-state index is 9.80. The molecular weight excluding hydrogens is 214 g/mol. The van der Waals surface area contributed by atoms with Crippen LogP contribution in [0.5, 0.6) is 5.75 Å². The fraction of sp³-hybridized carbons (Fsp3) is 0.455. The van der Waals surface area contributed by atoms with Crippen LogP contribution >= 0.6 is 11.6 Å². The van der Waals surface area contributed by atoms with Crippen molar-refractivity contribution in [2.24, 2.45) is 0 Å². The van der Waals surface area contributed by atoms with Crippen LogP contribution in [-0.2, 0) is 19.4 Å². The third kappa shape index (κ3) is 1.95. The lowest BCUT2D eigenvalue weighted by atomic mass is 9.90. The predicted molar refractivity (Wildman–Crippen MR) is 58.4 cm³/mol. The van der Waals surface area contributed by atoms with Gasteiger partial charge in [-0.2, -0.15) is 0 Å². The lowest BCUT2D eigenvalue weighted by Crippen LogP contribution is -2.10. The Hall–Kier alpha value is -0.770. The van der Waals surface area contributed by atoms with E-state index in [0.717, 1.165) is 24.8 Å². The molecule has 0 unspecified atom stereocenters. The van der Waals surface area contributed by atoms with E-state index in [-0.39, 0.29) is 12.3 Å². The van der Waals surface area contributed by atoms with Gasteiger partial charge in [-0.05, 0) is 36.8 Å². The molecule has 0 amide bonds. The largest absolute Gasteiger partial charge is 0.506 e. The second-order valence-corrected chi connectivity index (χ2v) is 4.26. The monoisotopic (exact) mass is 227 g/mol. The molecule has 3 N–H and O–H groups in total. The van der Waals surface area contributed by atoms with Gasteiger partial charge in [-0.3, -0.25) is 0 Å². The summed E-state index contributed by atoms with van der Waals surface area (Å²) in [4.78, 5) is 0. The van der Waals surface area contributed by atoms with Crippen molar-refractivity contribution in [2.75, 3.05) is 0 Å². The lowest BCUT2D eigenvalue weighted by Gasteiger charge is -2.19. The number of rotatable bonds is 2. The fourth-order valence-electron chi connectivity index (χ4n) is 2.12. The Kier molecular flexibility index (Phi) is 3.14. The summed E-state index contributed by atoms with van der Waals surface area (Å²) in [6.07, 6.45) is 4.24. The van der Waals surface area contributed by atoms with E-state index < -0.39 is 0 Å². The molecule has 0 fully saturated rings. The third-order valence-electron chi connectivity index (χ3n) is 2.91. The number of phenols is 1. The Labute approximate surface area is 93.6 Å². The van der Waals surface area contributed by atoms with Crippen molar-refractivity contribution in [3.05, 3.63) is 27.8 Å². The molecular formula is C11H14ClNO2. The molecule has 0 atom stereocenters. The quantitative estimate of drug-likeness (QED) is 0.680. The number of fused-ring (bicyclic) bond motifs is 1. The minimum atomic E-state index is 0.0962. The van der Waals surface area contributed by atoms with Crippen LogP contribution in [0.2, 0.25) is 5.02 Å². The number of hydrogen-bond donors (Lipinski definition) is 3. The molecule has 3 nitrogen and oxygen atoms in total. The summed E-state index contributed by atoms with van der Waals surface area (Å²) in [6.45, 7) is 0.221. The molecule has 0 saturated heterocycles. The Morgan fingerprint density at radius 2 is 2.07 bits per heavy atom. The second-order valence-electron chi connectivity index (χ2n) is 3.88. The first-order chi connectivity index (χ1) is 7.24. The zero-order valence-corrected chi connectivity index (χ0v) is 9.14. The molecule has 0 aliphatic heterocycles. The molecule has 15 heavy (non-hydrogen) atoms. The zero-order chi connectivity index (χ0) is 10.8. The highest BCUT2D eigenvalue weighted by Crippen LogP contribution is 2.37. The van der Waals surface area contributed by atoms with Gasteiger partial charge in [0.05, 0.1) is 5.02 Å². The van der Waals surface area contributed by atoms with Crippen molar-refractivity contribution in [3.63, 3.8) is 0 Å². The van der Waals surface area contributed by atoms with Gasteiger partial charge in [-0.1, -0.05) is 17.7 Å². The van der Waals surface area contributed by atoms with E-state index in [9.17, 15) is 5.11 Å².